The minimum absolute atomic E-state index is 0.101. The molecule has 0 aromatic heterocycles. The first-order valence-corrected chi connectivity index (χ1v) is 6.99. The summed E-state index contributed by atoms with van der Waals surface area (Å²) in [6.45, 7) is 4.22. The van der Waals surface area contributed by atoms with Crippen LogP contribution in [-0.4, -0.2) is 0 Å². The van der Waals surface area contributed by atoms with Crippen LogP contribution in [0, 0.1) is 13.8 Å². The Balaban J connectivity index is 2.28. The zero-order valence-electron chi connectivity index (χ0n) is 11.1. The summed E-state index contributed by atoms with van der Waals surface area (Å²) in [7, 11) is 0. The fourth-order valence-electron chi connectivity index (χ4n) is 2.30. The summed E-state index contributed by atoms with van der Waals surface area (Å²) in [6.07, 6.45) is 0.787. The lowest BCUT2D eigenvalue weighted by Crippen LogP contribution is -2.14. The average Bonchev–Trinajstić information content (AvgIpc) is 2.32. The monoisotopic (exact) mass is 293 g/mol. The van der Waals surface area contributed by atoms with Gasteiger partial charge < -0.3 is 5.73 Å². The van der Waals surface area contributed by atoms with Crippen LogP contribution in [0.3, 0.4) is 0 Å². The molecule has 1 nitrogen and oxygen atoms in total. The molecular weight excluding hydrogens is 277 g/mol. The molecule has 19 heavy (non-hydrogen) atoms. The van der Waals surface area contributed by atoms with E-state index in [2.05, 4.69) is 32.0 Å². The zero-order valence-corrected chi connectivity index (χ0v) is 12.6. The third kappa shape index (κ3) is 3.50. The van der Waals surface area contributed by atoms with Gasteiger partial charge in [0.1, 0.15) is 0 Å². The summed E-state index contributed by atoms with van der Waals surface area (Å²) < 4.78 is 0. The highest BCUT2D eigenvalue weighted by atomic mass is 35.5. The highest BCUT2D eigenvalue weighted by molar-refractivity contribution is 6.34. The number of hydrogen-bond donors (Lipinski definition) is 1. The Bertz CT molecular complexity index is 553. The summed E-state index contributed by atoms with van der Waals surface area (Å²) in [4.78, 5) is 0. The number of aryl methyl sites for hydroxylation is 2. The van der Waals surface area contributed by atoms with E-state index in [1.165, 1.54) is 16.7 Å². The molecule has 0 bridgehead atoms. The van der Waals surface area contributed by atoms with Crippen molar-refractivity contribution in [2.75, 3.05) is 0 Å². The SMILES string of the molecule is Cc1cccc(C)c1CC(N)c1cc(Cl)cc(Cl)c1. The van der Waals surface area contributed by atoms with Crippen molar-refractivity contribution in [2.24, 2.45) is 5.73 Å². The maximum Gasteiger partial charge on any atom is 0.0424 e. The molecule has 2 aromatic carbocycles. The van der Waals surface area contributed by atoms with Gasteiger partial charge in [-0.1, -0.05) is 41.4 Å². The second kappa shape index (κ2) is 5.96. The van der Waals surface area contributed by atoms with Crippen molar-refractivity contribution in [2.45, 2.75) is 26.3 Å². The standard InChI is InChI=1S/C16H17Cl2N/c1-10-4-3-5-11(2)15(10)9-16(19)12-6-13(17)8-14(18)7-12/h3-8,16H,9,19H2,1-2H3. The van der Waals surface area contributed by atoms with Gasteiger partial charge in [-0.15, -0.1) is 0 Å². The van der Waals surface area contributed by atoms with Crippen LogP contribution in [0.1, 0.15) is 28.3 Å². The Kier molecular flexibility index (Phi) is 4.51. The topological polar surface area (TPSA) is 26.0 Å². The fraction of sp³-hybridized carbons (Fsp3) is 0.250. The second-order valence-corrected chi connectivity index (χ2v) is 5.76. The maximum atomic E-state index is 6.29. The molecular formula is C16H17Cl2N. The van der Waals surface area contributed by atoms with Gasteiger partial charge in [0, 0.05) is 16.1 Å². The maximum absolute atomic E-state index is 6.29. The van der Waals surface area contributed by atoms with Crippen molar-refractivity contribution in [3.63, 3.8) is 0 Å². The van der Waals surface area contributed by atoms with E-state index in [-0.39, 0.29) is 6.04 Å². The molecule has 0 amide bonds. The summed E-state index contributed by atoms with van der Waals surface area (Å²) in [5, 5.41) is 1.25. The van der Waals surface area contributed by atoms with E-state index in [4.69, 9.17) is 28.9 Å². The first-order valence-electron chi connectivity index (χ1n) is 6.24. The van der Waals surface area contributed by atoms with Crippen molar-refractivity contribution < 1.29 is 0 Å². The van der Waals surface area contributed by atoms with Crippen molar-refractivity contribution >= 4 is 23.2 Å². The molecule has 0 aliphatic rings. The number of hydrogen-bond acceptors (Lipinski definition) is 1. The molecule has 2 N–H and O–H groups in total. The Labute approximate surface area is 124 Å². The Morgan fingerprint density at radius 1 is 1.00 bits per heavy atom. The fourth-order valence-corrected chi connectivity index (χ4v) is 2.84. The number of benzene rings is 2. The van der Waals surface area contributed by atoms with Crippen LogP contribution in [0.2, 0.25) is 10.0 Å². The Hall–Kier alpha value is -1.02. The third-order valence-electron chi connectivity index (χ3n) is 3.38. The highest BCUT2D eigenvalue weighted by Crippen LogP contribution is 2.26. The molecule has 0 radical (unpaired) electrons. The molecule has 100 valence electrons. The quantitative estimate of drug-likeness (QED) is 0.860. The largest absolute Gasteiger partial charge is 0.324 e. The van der Waals surface area contributed by atoms with Crippen molar-refractivity contribution in [1.82, 2.24) is 0 Å². The lowest BCUT2D eigenvalue weighted by molar-refractivity contribution is 0.715. The van der Waals surface area contributed by atoms with E-state index in [9.17, 15) is 0 Å². The Morgan fingerprint density at radius 3 is 2.05 bits per heavy atom. The van der Waals surface area contributed by atoms with Crippen LogP contribution < -0.4 is 5.73 Å². The van der Waals surface area contributed by atoms with E-state index in [1.807, 2.05) is 12.1 Å². The van der Waals surface area contributed by atoms with Gasteiger partial charge in [-0.2, -0.15) is 0 Å². The van der Waals surface area contributed by atoms with Crippen LogP contribution in [0.15, 0.2) is 36.4 Å². The molecule has 0 spiro atoms. The van der Waals surface area contributed by atoms with Crippen LogP contribution >= 0.6 is 23.2 Å². The van der Waals surface area contributed by atoms with Gasteiger partial charge in [0.25, 0.3) is 0 Å². The number of halogens is 2. The molecule has 1 atom stereocenters. The molecule has 0 saturated carbocycles. The second-order valence-electron chi connectivity index (χ2n) is 4.88. The smallest absolute Gasteiger partial charge is 0.0424 e. The Morgan fingerprint density at radius 2 is 1.53 bits per heavy atom. The zero-order chi connectivity index (χ0) is 14.0. The van der Waals surface area contributed by atoms with E-state index in [0.29, 0.717) is 10.0 Å². The molecule has 2 rings (SSSR count). The molecule has 0 aliphatic carbocycles. The van der Waals surface area contributed by atoms with E-state index < -0.39 is 0 Å². The van der Waals surface area contributed by atoms with Crippen LogP contribution in [-0.2, 0) is 6.42 Å². The van der Waals surface area contributed by atoms with Gasteiger partial charge in [0.05, 0.1) is 0 Å². The predicted molar refractivity (Wildman–Crippen MR) is 83.0 cm³/mol. The van der Waals surface area contributed by atoms with E-state index >= 15 is 0 Å². The minimum Gasteiger partial charge on any atom is -0.324 e. The summed E-state index contributed by atoms with van der Waals surface area (Å²) in [6, 6.07) is 11.7. The normalized spacial score (nSPS) is 12.5. The van der Waals surface area contributed by atoms with Gasteiger partial charge in [0.2, 0.25) is 0 Å². The van der Waals surface area contributed by atoms with Gasteiger partial charge in [-0.3, -0.25) is 0 Å². The third-order valence-corrected chi connectivity index (χ3v) is 3.82. The number of rotatable bonds is 3. The number of nitrogens with two attached hydrogens (primary N) is 1. The molecule has 0 saturated heterocycles. The first-order chi connectivity index (χ1) is 8.97. The predicted octanol–water partition coefficient (Wildman–Crippen LogP) is 4.85. The van der Waals surface area contributed by atoms with Crippen molar-refractivity contribution in [3.05, 3.63) is 68.7 Å². The van der Waals surface area contributed by atoms with Crippen LogP contribution in [0.5, 0.6) is 0 Å². The minimum atomic E-state index is -0.101. The molecule has 0 heterocycles. The molecule has 1 unspecified atom stereocenters. The average molecular weight is 294 g/mol. The molecule has 0 fully saturated rings. The van der Waals surface area contributed by atoms with Crippen LogP contribution in [0.4, 0.5) is 0 Å². The van der Waals surface area contributed by atoms with Crippen molar-refractivity contribution in [3.8, 4) is 0 Å². The van der Waals surface area contributed by atoms with Gasteiger partial charge >= 0.3 is 0 Å². The van der Waals surface area contributed by atoms with Gasteiger partial charge in [-0.25, -0.2) is 0 Å². The lowest BCUT2D eigenvalue weighted by atomic mass is 9.93. The first kappa shape index (κ1) is 14.4. The highest BCUT2D eigenvalue weighted by Gasteiger charge is 2.12. The molecule has 3 heteroatoms. The van der Waals surface area contributed by atoms with E-state index in [0.717, 1.165) is 12.0 Å². The van der Waals surface area contributed by atoms with Crippen LogP contribution in [0.25, 0.3) is 0 Å². The summed E-state index contributed by atoms with van der Waals surface area (Å²) in [5.41, 5.74) is 11.1. The lowest BCUT2D eigenvalue weighted by Gasteiger charge is -2.16. The summed E-state index contributed by atoms with van der Waals surface area (Å²) in [5.74, 6) is 0. The molecule has 0 aliphatic heterocycles. The summed E-state index contributed by atoms with van der Waals surface area (Å²) >= 11 is 12.0. The van der Waals surface area contributed by atoms with Crippen molar-refractivity contribution in [1.29, 1.82) is 0 Å². The van der Waals surface area contributed by atoms with Gasteiger partial charge in [0.15, 0.2) is 0 Å². The molecule has 2 aromatic rings. The van der Waals surface area contributed by atoms with E-state index in [1.54, 1.807) is 6.07 Å². The van der Waals surface area contributed by atoms with Gasteiger partial charge in [-0.05, 0) is 60.7 Å².